The summed E-state index contributed by atoms with van der Waals surface area (Å²) in [4.78, 5) is 12.1. The van der Waals surface area contributed by atoms with E-state index in [-0.39, 0.29) is 29.8 Å². The first kappa shape index (κ1) is 16.8. The molecule has 1 aromatic rings. The highest BCUT2D eigenvalue weighted by molar-refractivity contribution is 5.94. The third kappa shape index (κ3) is 4.69. The van der Waals surface area contributed by atoms with Crippen LogP contribution in [0.25, 0.3) is 0 Å². The summed E-state index contributed by atoms with van der Waals surface area (Å²) in [5.41, 5.74) is 0.463. The second-order valence-electron chi connectivity index (χ2n) is 5.89. The van der Waals surface area contributed by atoms with Crippen LogP contribution in [0, 0.1) is 5.92 Å². The van der Waals surface area contributed by atoms with Crippen molar-refractivity contribution >= 4 is 24.0 Å². The van der Waals surface area contributed by atoms with Crippen molar-refractivity contribution in [2.45, 2.75) is 32.8 Å². The minimum atomic E-state index is -0.282. The first-order chi connectivity index (χ1) is 8.96. The zero-order chi connectivity index (χ0) is 13.9. The molecule has 20 heavy (non-hydrogen) atoms. The fraction of sp³-hybridized carbons (Fsp3) is 0.533. The van der Waals surface area contributed by atoms with Gasteiger partial charge in [-0.15, -0.1) is 12.4 Å². The van der Waals surface area contributed by atoms with Crippen molar-refractivity contribution in [1.82, 2.24) is 5.32 Å². The number of amides is 1. The Kier molecular flexibility index (Phi) is 5.84. The Hall–Kier alpha value is -1.26. The number of para-hydroxylation sites is 2. The van der Waals surface area contributed by atoms with Gasteiger partial charge in [0.2, 0.25) is 5.91 Å². The van der Waals surface area contributed by atoms with Gasteiger partial charge in [0, 0.05) is 6.54 Å². The molecule has 0 aromatic heterocycles. The molecule has 4 nitrogen and oxygen atoms in total. The van der Waals surface area contributed by atoms with E-state index in [4.69, 9.17) is 4.74 Å². The van der Waals surface area contributed by atoms with Crippen LogP contribution in [0.5, 0.6) is 5.75 Å². The number of rotatable bonds is 3. The normalized spacial score (nSPS) is 18.2. The highest BCUT2D eigenvalue weighted by atomic mass is 35.5. The van der Waals surface area contributed by atoms with Crippen molar-refractivity contribution in [2.75, 3.05) is 18.4 Å². The molecule has 1 saturated heterocycles. The molecule has 0 aliphatic carbocycles. The third-order valence-corrected chi connectivity index (χ3v) is 2.99. The summed E-state index contributed by atoms with van der Waals surface area (Å²) in [7, 11) is 0. The summed E-state index contributed by atoms with van der Waals surface area (Å²) in [5, 5.41) is 6.17. The minimum absolute atomic E-state index is 0. The second-order valence-corrected chi connectivity index (χ2v) is 5.89. The number of hydrogen-bond donors (Lipinski definition) is 2. The SMILES string of the molecule is CC(C)(C)Oc1ccccc1NC(=O)C1CCNC1.Cl. The van der Waals surface area contributed by atoms with Gasteiger partial charge in [-0.2, -0.15) is 0 Å². The second kappa shape index (κ2) is 6.95. The topological polar surface area (TPSA) is 50.4 Å². The number of halogens is 1. The van der Waals surface area contributed by atoms with Crippen LogP contribution >= 0.6 is 12.4 Å². The first-order valence-corrected chi connectivity index (χ1v) is 6.75. The minimum Gasteiger partial charge on any atom is -0.486 e. The molecule has 1 unspecified atom stereocenters. The van der Waals surface area contributed by atoms with E-state index in [1.807, 2.05) is 45.0 Å². The molecule has 1 aliphatic rings. The summed E-state index contributed by atoms with van der Waals surface area (Å²) >= 11 is 0. The first-order valence-electron chi connectivity index (χ1n) is 6.75. The molecule has 1 fully saturated rings. The monoisotopic (exact) mass is 298 g/mol. The van der Waals surface area contributed by atoms with Gasteiger partial charge in [-0.05, 0) is 45.9 Å². The van der Waals surface area contributed by atoms with Gasteiger partial charge < -0.3 is 15.4 Å². The summed E-state index contributed by atoms with van der Waals surface area (Å²) in [6.07, 6.45) is 0.897. The predicted octanol–water partition coefficient (Wildman–Crippen LogP) is 2.83. The highest BCUT2D eigenvalue weighted by Gasteiger charge is 2.23. The molecule has 0 bridgehead atoms. The van der Waals surface area contributed by atoms with Crippen molar-refractivity contribution < 1.29 is 9.53 Å². The molecule has 1 heterocycles. The zero-order valence-corrected chi connectivity index (χ0v) is 13.0. The Morgan fingerprint density at radius 1 is 1.35 bits per heavy atom. The van der Waals surface area contributed by atoms with E-state index in [1.165, 1.54) is 0 Å². The molecule has 0 spiro atoms. The summed E-state index contributed by atoms with van der Waals surface area (Å²) in [6.45, 7) is 7.65. The molecule has 1 atom stereocenters. The van der Waals surface area contributed by atoms with Crippen molar-refractivity contribution in [3.05, 3.63) is 24.3 Å². The van der Waals surface area contributed by atoms with Crippen LogP contribution in [0.3, 0.4) is 0 Å². The maximum Gasteiger partial charge on any atom is 0.228 e. The third-order valence-electron chi connectivity index (χ3n) is 2.99. The van der Waals surface area contributed by atoms with Crippen molar-refractivity contribution in [1.29, 1.82) is 0 Å². The lowest BCUT2D eigenvalue weighted by Crippen LogP contribution is -2.27. The van der Waals surface area contributed by atoms with Crippen LogP contribution in [0.2, 0.25) is 0 Å². The van der Waals surface area contributed by atoms with Crippen molar-refractivity contribution in [2.24, 2.45) is 5.92 Å². The van der Waals surface area contributed by atoms with Gasteiger partial charge >= 0.3 is 0 Å². The fourth-order valence-corrected chi connectivity index (χ4v) is 2.10. The fourth-order valence-electron chi connectivity index (χ4n) is 2.10. The lowest BCUT2D eigenvalue weighted by molar-refractivity contribution is -0.119. The molecule has 1 aromatic carbocycles. The molecule has 5 heteroatoms. The molecule has 1 aliphatic heterocycles. The predicted molar refractivity (Wildman–Crippen MR) is 83.7 cm³/mol. The maximum absolute atomic E-state index is 12.1. The van der Waals surface area contributed by atoms with E-state index < -0.39 is 0 Å². The van der Waals surface area contributed by atoms with E-state index in [2.05, 4.69) is 10.6 Å². The standard InChI is InChI=1S/C15H22N2O2.ClH/c1-15(2,3)19-13-7-5-4-6-12(13)17-14(18)11-8-9-16-10-11;/h4-7,11,16H,8-10H2,1-3H3,(H,17,18);1H. The Bertz CT molecular complexity index is 451. The van der Waals surface area contributed by atoms with Gasteiger partial charge in [-0.1, -0.05) is 12.1 Å². The van der Waals surface area contributed by atoms with Crippen LogP contribution < -0.4 is 15.4 Å². The van der Waals surface area contributed by atoms with Gasteiger partial charge in [0.25, 0.3) is 0 Å². The molecule has 2 N–H and O–H groups in total. The van der Waals surface area contributed by atoms with Crippen LogP contribution in [0.4, 0.5) is 5.69 Å². The van der Waals surface area contributed by atoms with Crippen LogP contribution in [-0.4, -0.2) is 24.6 Å². The molecule has 0 radical (unpaired) electrons. The summed E-state index contributed by atoms with van der Waals surface area (Å²) in [5.74, 6) is 0.840. The molecular formula is C15H23ClN2O2. The van der Waals surface area contributed by atoms with Crippen LogP contribution in [0.1, 0.15) is 27.2 Å². The Balaban J connectivity index is 0.00000200. The van der Waals surface area contributed by atoms with Gasteiger partial charge in [0.1, 0.15) is 11.4 Å². The molecular weight excluding hydrogens is 276 g/mol. The molecule has 2 rings (SSSR count). The van der Waals surface area contributed by atoms with Crippen molar-refractivity contribution in [3.63, 3.8) is 0 Å². The van der Waals surface area contributed by atoms with Gasteiger partial charge in [0.05, 0.1) is 11.6 Å². The van der Waals surface area contributed by atoms with Crippen LogP contribution in [-0.2, 0) is 4.79 Å². The van der Waals surface area contributed by atoms with Crippen molar-refractivity contribution in [3.8, 4) is 5.75 Å². The Morgan fingerprint density at radius 2 is 2.05 bits per heavy atom. The number of anilines is 1. The van der Waals surface area contributed by atoms with Gasteiger partial charge in [-0.3, -0.25) is 4.79 Å². The highest BCUT2D eigenvalue weighted by Crippen LogP contribution is 2.28. The smallest absolute Gasteiger partial charge is 0.228 e. The maximum atomic E-state index is 12.1. The molecule has 1 amide bonds. The number of nitrogens with one attached hydrogen (secondary N) is 2. The quantitative estimate of drug-likeness (QED) is 0.902. The number of ether oxygens (including phenoxy) is 1. The van der Waals surface area contributed by atoms with E-state index in [0.29, 0.717) is 5.75 Å². The van der Waals surface area contributed by atoms with E-state index >= 15 is 0 Å². The Labute approximate surface area is 126 Å². The largest absolute Gasteiger partial charge is 0.486 e. The average molecular weight is 299 g/mol. The Morgan fingerprint density at radius 3 is 2.65 bits per heavy atom. The lowest BCUT2D eigenvalue weighted by atomic mass is 10.1. The average Bonchev–Trinajstić information content (AvgIpc) is 2.83. The number of hydrogen-bond acceptors (Lipinski definition) is 3. The lowest BCUT2D eigenvalue weighted by Gasteiger charge is -2.23. The summed E-state index contributed by atoms with van der Waals surface area (Å²) in [6, 6.07) is 7.57. The molecule has 112 valence electrons. The number of carbonyl (C=O) groups excluding carboxylic acids is 1. The summed E-state index contributed by atoms with van der Waals surface area (Å²) < 4.78 is 5.87. The van der Waals surface area contributed by atoms with Crippen LogP contribution in [0.15, 0.2) is 24.3 Å². The van der Waals surface area contributed by atoms with Gasteiger partial charge in [-0.25, -0.2) is 0 Å². The van der Waals surface area contributed by atoms with Gasteiger partial charge in [0.15, 0.2) is 0 Å². The van der Waals surface area contributed by atoms with E-state index in [9.17, 15) is 4.79 Å². The molecule has 0 saturated carbocycles. The zero-order valence-electron chi connectivity index (χ0n) is 12.2. The van der Waals surface area contributed by atoms with E-state index in [1.54, 1.807) is 0 Å². The number of carbonyl (C=O) groups is 1. The van der Waals surface area contributed by atoms with E-state index in [0.717, 1.165) is 25.2 Å². The number of benzene rings is 1.